The van der Waals surface area contributed by atoms with E-state index in [0.717, 1.165) is 69.4 Å². The highest BCUT2D eigenvalue weighted by atomic mass is 35.5. The van der Waals surface area contributed by atoms with E-state index in [1.54, 1.807) is 7.05 Å². The Hall–Kier alpha value is -1.99. The number of amides is 1. The summed E-state index contributed by atoms with van der Waals surface area (Å²) in [5.41, 5.74) is 1.05. The third-order valence-electron chi connectivity index (χ3n) is 5.91. The second-order valence-electron chi connectivity index (χ2n) is 7.82. The lowest BCUT2D eigenvalue weighted by molar-refractivity contribution is -0.135. The van der Waals surface area contributed by atoms with Gasteiger partial charge in [-0.15, -0.1) is 0 Å². The molecular formula is C22H34ClN5O2. The lowest BCUT2D eigenvalue weighted by Crippen LogP contribution is -2.57. The molecule has 30 heavy (non-hydrogen) atoms. The van der Waals surface area contributed by atoms with Crippen molar-refractivity contribution in [3.63, 3.8) is 0 Å². The molecule has 1 N–H and O–H groups in total. The zero-order valence-corrected chi connectivity index (χ0v) is 19.1. The number of rotatable bonds is 6. The van der Waals surface area contributed by atoms with Gasteiger partial charge in [-0.3, -0.25) is 14.7 Å². The van der Waals surface area contributed by atoms with Crippen LogP contribution in [-0.2, 0) is 11.3 Å². The van der Waals surface area contributed by atoms with Crippen molar-refractivity contribution < 1.29 is 9.53 Å². The number of benzene rings is 1. The van der Waals surface area contributed by atoms with Crippen LogP contribution in [-0.4, -0.2) is 85.5 Å². The Labute approximate surface area is 185 Å². The van der Waals surface area contributed by atoms with Crippen molar-refractivity contribution in [1.82, 2.24) is 20.0 Å². The van der Waals surface area contributed by atoms with Crippen LogP contribution in [0.1, 0.15) is 32.3 Å². The van der Waals surface area contributed by atoms with E-state index in [2.05, 4.69) is 20.1 Å². The van der Waals surface area contributed by atoms with Crippen molar-refractivity contribution in [2.75, 3.05) is 52.9 Å². The zero-order valence-electron chi connectivity index (χ0n) is 18.4. The van der Waals surface area contributed by atoms with Crippen LogP contribution >= 0.6 is 11.6 Å². The Morgan fingerprint density at radius 1 is 1.17 bits per heavy atom. The average Bonchev–Trinajstić information content (AvgIpc) is 3.30. The number of likely N-dealkylation sites (tertiary alicyclic amines) is 1. The van der Waals surface area contributed by atoms with Gasteiger partial charge in [-0.2, -0.15) is 0 Å². The van der Waals surface area contributed by atoms with E-state index in [4.69, 9.17) is 16.3 Å². The molecule has 0 saturated carbocycles. The summed E-state index contributed by atoms with van der Waals surface area (Å²) >= 11 is 6.10. The second-order valence-corrected chi connectivity index (χ2v) is 8.25. The van der Waals surface area contributed by atoms with Crippen molar-refractivity contribution >= 4 is 23.5 Å². The van der Waals surface area contributed by atoms with Gasteiger partial charge in [-0.25, -0.2) is 0 Å². The number of nitrogens with one attached hydrogen (secondary N) is 1. The molecule has 8 heteroatoms. The molecule has 2 heterocycles. The van der Waals surface area contributed by atoms with Gasteiger partial charge in [0.1, 0.15) is 5.75 Å². The number of halogens is 1. The summed E-state index contributed by atoms with van der Waals surface area (Å²) in [7, 11) is 1.81. The van der Waals surface area contributed by atoms with E-state index >= 15 is 0 Å². The van der Waals surface area contributed by atoms with Gasteiger partial charge in [0, 0.05) is 63.4 Å². The second kappa shape index (κ2) is 10.9. The molecule has 7 nitrogen and oxygen atoms in total. The third-order valence-corrected chi connectivity index (χ3v) is 6.15. The largest absolute Gasteiger partial charge is 0.493 e. The Balaban J connectivity index is 1.52. The molecule has 166 valence electrons. The molecule has 1 aromatic carbocycles. The van der Waals surface area contributed by atoms with Crippen LogP contribution in [0.25, 0.3) is 0 Å². The molecular weight excluding hydrogens is 402 g/mol. The van der Waals surface area contributed by atoms with Crippen LogP contribution in [0.5, 0.6) is 5.75 Å². The van der Waals surface area contributed by atoms with Crippen LogP contribution < -0.4 is 10.1 Å². The Bertz CT molecular complexity index is 743. The number of aliphatic imine (C=N–C) groups is 1. The van der Waals surface area contributed by atoms with Crippen LogP contribution in [0.15, 0.2) is 23.2 Å². The summed E-state index contributed by atoms with van der Waals surface area (Å²) in [6.07, 6.45) is 2.26. The highest BCUT2D eigenvalue weighted by molar-refractivity contribution is 6.30. The third kappa shape index (κ3) is 5.58. The predicted octanol–water partition coefficient (Wildman–Crippen LogP) is 2.44. The van der Waals surface area contributed by atoms with Crippen molar-refractivity contribution in [3.8, 4) is 5.75 Å². The molecule has 1 atom stereocenters. The first-order valence-corrected chi connectivity index (χ1v) is 11.3. The van der Waals surface area contributed by atoms with Gasteiger partial charge in [0.15, 0.2) is 5.96 Å². The lowest BCUT2D eigenvalue weighted by Gasteiger charge is -2.39. The van der Waals surface area contributed by atoms with E-state index < -0.39 is 0 Å². The number of hydrogen-bond donors (Lipinski definition) is 1. The summed E-state index contributed by atoms with van der Waals surface area (Å²) in [4.78, 5) is 23.7. The zero-order chi connectivity index (χ0) is 21.5. The number of carbonyl (C=O) groups is 1. The van der Waals surface area contributed by atoms with Crippen LogP contribution in [0, 0.1) is 0 Å². The molecule has 2 fully saturated rings. The molecule has 2 aliphatic heterocycles. The smallest absolute Gasteiger partial charge is 0.239 e. The summed E-state index contributed by atoms with van der Waals surface area (Å²) in [6, 6.07) is 5.66. The number of hydrogen-bond acceptors (Lipinski definition) is 4. The van der Waals surface area contributed by atoms with Crippen molar-refractivity contribution in [2.45, 2.75) is 39.3 Å². The molecule has 1 amide bonds. The van der Waals surface area contributed by atoms with Crippen LogP contribution in [0.4, 0.5) is 0 Å². The van der Waals surface area contributed by atoms with Gasteiger partial charge in [-0.1, -0.05) is 17.7 Å². The summed E-state index contributed by atoms with van der Waals surface area (Å²) in [5.74, 6) is 1.94. The van der Waals surface area contributed by atoms with Gasteiger partial charge in [-0.05, 0) is 38.8 Å². The Morgan fingerprint density at radius 2 is 1.87 bits per heavy atom. The molecule has 1 unspecified atom stereocenters. The number of piperazine rings is 1. The Morgan fingerprint density at radius 3 is 2.50 bits per heavy atom. The highest BCUT2D eigenvalue weighted by Gasteiger charge is 2.30. The van der Waals surface area contributed by atoms with Crippen molar-refractivity contribution in [1.29, 1.82) is 0 Å². The van der Waals surface area contributed by atoms with Crippen LogP contribution in [0.3, 0.4) is 0 Å². The highest BCUT2D eigenvalue weighted by Crippen LogP contribution is 2.23. The number of ether oxygens (including phenoxy) is 1. The van der Waals surface area contributed by atoms with Crippen molar-refractivity contribution in [3.05, 3.63) is 28.8 Å². The monoisotopic (exact) mass is 435 g/mol. The maximum atomic E-state index is 12.7. The van der Waals surface area contributed by atoms with Gasteiger partial charge in [0.2, 0.25) is 5.91 Å². The molecule has 3 rings (SSSR count). The minimum absolute atomic E-state index is 0.0527. The molecule has 0 bridgehead atoms. The fraction of sp³-hybridized carbons (Fsp3) is 0.636. The first-order valence-electron chi connectivity index (χ1n) is 10.9. The molecule has 2 aliphatic rings. The van der Waals surface area contributed by atoms with E-state index in [-0.39, 0.29) is 11.9 Å². The van der Waals surface area contributed by atoms with Crippen LogP contribution in [0.2, 0.25) is 5.02 Å². The van der Waals surface area contributed by atoms with Gasteiger partial charge in [0.25, 0.3) is 0 Å². The van der Waals surface area contributed by atoms with E-state index in [0.29, 0.717) is 18.2 Å². The van der Waals surface area contributed by atoms with Gasteiger partial charge < -0.3 is 19.9 Å². The number of nitrogens with zero attached hydrogens (tertiary/aromatic N) is 4. The molecule has 0 spiro atoms. The Kier molecular flexibility index (Phi) is 8.22. The predicted molar refractivity (Wildman–Crippen MR) is 121 cm³/mol. The maximum Gasteiger partial charge on any atom is 0.239 e. The first-order chi connectivity index (χ1) is 14.5. The number of carbonyl (C=O) groups excluding carboxylic acids is 1. The topological polar surface area (TPSA) is 60.4 Å². The molecule has 0 aromatic heterocycles. The lowest BCUT2D eigenvalue weighted by atomic mass is 10.2. The normalized spacial score (nSPS) is 19.1. The summed E-state index contributed by atoms with van der Waals surface area (Å²) in [5, 5.41) is 4.11. The summed E-state index contributed by atoms with van der Waals surface area (Å²) < 4.78 is 5.71. The maximum absolute atomic E-state index is 12.7. The van der Waals surface area contributed by atoms with Crippen molar-refractivity contribution in [2.24, 2.45) is 4.99 Å². The molecule has 0 radical (unpaired) electrons. The fourth-order valence-corrected chi connectivity index (χ4v) is 4.31. The number of guanidine groups is 1. The van der Waals surface area contributed by atoms with E-state index in [1.807, 2.05) is 36.9 Å². The minimum Gasteiger partial charge on any atom is -0.493 e. The van der Waals surface area contributed by atoms with Gasteiger partial charge in [0.05, 0.1) is 12.6 Å². The molecule has 0 aliphatic carbocycles. The molecule has 2 saturated heterocycles. The first kappa shape index (κ1) is 22.7. The average molecular weight is 436 g/mol. The quantitative estimate of drug-likeness (QED) is 0.549. The van der Waals surface area contributed by atoms with E-state index in [9.17, 15) is 4.79 Å². The molecule has 1 aromatic rings. The standard InChI is InChI=1S/C22H34ClN5O2/c1-4-30-20-15-19(23)8-7-18(20)16-25-22(24-3)28-13-11-26(12-14-28)17(2)21(29)27-9-5-6-10-27/h7-8,15,17H,4-6,9-14,16H2,1-3H3,(H,24,25). The minimum atomic E-state index is -0.0527. The fourth-order valence-electron chi connectivity index (χ4n) is 4.15. The van der Waals surface area contributed by atoms with Gasteiger partial charge >= 0.3 is 0 Å². The summed E-state index contributed by atoms with van der Waals surface area (Å²) in [6.45, 7) is 10.4. The van der Waals surface area contributed by atoms with E-state index in [1.165, 1.54) is 0 Å². The SMILES string of the molecule is CCOc1cc(Cl)ccc1CNC(=NC)N1CCN(C(C)C(=O)N2CCCC2)CC1.